The molecule has 1 aromatic carbocycles. The molecular weight excluding hydrogens is 220 g/mol. The fourth-order valence-electron chi connectivity index (χ4n) is 2.57. The number of likely N-dealkylation sites (N-methyl/N-ethyl adjacent to an activating group) is 1. The number of fused-ring (bicyclic) bond motifs is 3. The molecule has 0 amide bonds. The third kappa shape index (κ3) is 1.37. The van der Waals surface area contributed by atoms with Gasteiger partial charge in [0, 0.05) is 34.2 Å². The highest BCUT2D eigenvalue weighted by Gasteiger charge is 2.24. The van der Waals surface area contributed by atoms with E-state index < -0.39 is 0 Å². The average Bonchev–Trinajstić information content (AvgIpc) is 2.62. The SMILES string of the molecule is CC1c2[nH]c3ccc(Cl)cc3c2CCN1C. The summed E-state index contributed by atoms with van der Waals surface area (Å²) in [6, 6.07) is 6.56. The van der Waals surface area contributed by atoms with Crippen LogP contribution in [-0.2, 0) is 6.42 Å². The number of halogens is 1. The molecule has 1 N–H and O–H groups in total. The predicted octanol–water partition coefficient (Wildman–Crippen LogP) is 3.37. The number of rotatable bonds is 0. The van der Waals surface area contributed by atoms with Crippen molar-refractivity contribution < 1.29 is 0 Å². The number of hydrogen-bond donors (Lipinski definition) is 1. The molecule has 1 aromatic heterocycles. The van der Waals surface area contributed by atoms with Gasteiger partial charge in [0.2, 0.25) is 0 Å². The maximum Gasteiger partial charge on any atom is 0.0470 e. The molecule has 0 fully saturated rings. The van der Waals surface area contributed by atoms with Gasteiger partial charge in [0.05, 0.1) is 0 Å². The lowest BCUT2D eigenvalue weighted by molar-refractivity contribution is 0.244. The summed E-state index contributed by atoms with van der Waals surface area (Å²) in [7, 11) is 2.17. The van der Waals surface area contributed by atoms with Gasteiger partial charge >= 0.3 is 0 Å². The van der Waals surface area contributed by atoms with Crippen molar-refractivity contribution >= 4 is 22.5 Å². The average molecular weight is 235 g/mol. The van der Waals surface area contributed by atoms with Crippen molar-refractivity contribution in [1.82, 2.24) is 9.88 Å². The van der Waals surface area contributed by atoms with Crippen LogP contribution >= 0.6 is 11.6 Å². The first kappa shape index (κ1) is 10.2. The van der Waals surface area contributed by atoms with E-state index in [1.54, 1.807) is 0 Å². The molecule has 0 spiro atoms. The zero-order chi connectivity index (χ0) is 11.3. The van der Waals surface area contributed by atoms with Gasteiger partial charge in [-0.25, -0.2) is 0 Å². The van der Waals surface area contributed by atoms with Gasteiger partial charge in [-0.1, -0.05) is 11.6 Å². The van der Waals surface area contributed by atoms with E-state index in [-0.39, 0.29) is 0 Å². The fraction of sp³-hybridized carbons (Fsp3) is 0.385. The van der Waals surface area contributed by atoms with Gasteiger partial charge in [0.1, 0.15) is 0 Å². The molecule has 0 saturated carbocycles. The van der Waals surface area contributed by atoms with Gasteiger partial charge in [0.15, 0.2) is 0 Å². The minimum atomic E-state index is 0.468. The van der Waals surface area contributed by atoms with Gasteiger partial charge in [0.25, 0.3) is 0 Å². The number of benzene rings is 1. The molecule has 2 heterocycles. The highest BCUT2D eigenvalue weighted by atomic mass is 35.5. The Morgan fingerprint density at radius 1 is 1.44 bits per heavy atom. The minimum Gasteiger partial charge on any atom is -0.357 e. The normalized spacial score (nSPS) is 21.3. The Morgan fingerprint density at radius 3 is 3.06 bits per heavy atom. The summed E-state index contributed by atoms with van der Waals surface area (Å²) < 4.78 is 0. The molecule has 1 aliphatic rings. The molecular formula is C13H15ClN2. The number of hydrogen-bond acceptors (Lipinski definition) is 1. The first-order valence-electron chi connectivity index (χ1n) is 5.67. The lowest BCUT2D eigenvalue weighted by atomic mass is 9.99. The molecule has 3 rings (SSSR count). The Hall–Kier alpha value is -0.990. The van der Waals surface area contributed by atoms with Gasteiger partial charge in [-0.2, -0.15) is 0 Å². The monoisotopic (exact) mass is 234 g/mol. The van der Waals surface area contributed by atoms with E-state index in [1.807, 2.05) is 6.07 Å². The van der Waals surface area contributed by atoms with Crippen molar-refractivity contribution in [1.29, 1.82) is 0 Å². The Kier molecular flexibility index (Phi) is 2.23. The Balaban J connectivity index is 2.26. The quantitative estimate of drug-likeness (QED) is 0.741. The molecule has 0 radical (unpaired) electrons. The Labute approximate surface area is 100 Å². The summed E-state index contributed by atoms with van der Waals surface area (Å²) in [4.78, 5) is 5.90. The third-order valence-electron chi connectivity index (χ3n) is 3.69. The van der Waals surface area contributed by atoms with E-state index >= 15 is 0 Å². The molecule has 3 heteroatoms. The lowest BCUT2D eigenvalue weighted by Crippen LogP contribution is -2.30. The minimum absolute atomic E-state index is 0.468. The van der Waals surface area contributed by atoms with Crippen LogP contribution in [0.2, 0.25) is 5.02 Å². The van der Waals surface area contributed by atoms with Crippen molar-refractivity contribution in [3.8, 4) is 0 Å². The van der Waals surface area contributed by atoms with Crippen LogP contribution in [-0.4, -0.2) is 23.5 Å². The predicted molar refractivity (Wildman–Crippen MR) is 68.1 cm³/mol. The van der Waals surface area contributed by atoms with Crippen LogP contribution in [0.5, 0.6) is 0 Å². The molecule has 1 aliphatic heterocycles. The first-order valence-corrected chi connectivity index (χ1v) is 6.05. The standard InChI is InChI=1S/C13H15ClN2/c1-8-13-10(5-6-16(8)2)11-7-9(14)3-4-12(11)15-13/h3-4,7-8,15H,5-6H2,1-2H3. The van der Waals surface area contributed by atoms with Crippen molar-refractivity contribution in [2.24, 2.45) is 0 Å². The van der Waals surface area contributed by atoms with E-state index in [9.17, 15) is 0 Å². The van der Waals surface area contributed by atoms with Crippen LogP contribution in [0.3, 0.4) is 0 Å². The number of aromatic nitrogens is 1. The third-order valence-corrected chi connectivity index (χ3v) is 3.93. The summed E-state index contributed by atoms with van der Waals surface area (Å²) in [6.45, 7) is 3.36. The Morgan fingerprint density at radius 2 is 2.25 bits per heavy atom. The van der Waals surface area contributed by atoms with Crippen molar-refractivity contribution in [2.75, 3.05) is 13.6 Å². The smallest absolute Gasteiger partial charge is 0.0470 e. The van der Waals surface area contributed by atoms with Crippen LogP contribution in [0.1, 0.15) is 24.2 Å². The zero-order valence-electron chi connectivity index (χ0n) is 9.55. The topological polar surface area (TPSA) is 19.0 Å². The van der Waals surface area contributed by atoms with Gasteiger partial charge in [-0.05, 0) is 44.2 Å². The summed E-state index contributed by atoms with van der Waals surface area (Å²) in [5, 5.41) is 2.11. The molecule has 84 valence electrons. The second-order valence-corrected chi connectivity index (χ2v) is 5.05. The number of aromatic amines is 1. The fourth-order valence-corrected chi connectivity index (χ4v) is 2.74. The van der Waals surface area contributed by atoms with Crippen LogP contribution in [0.4, 0.5) is 0 Å². The summed E-state index contributed by atoms with van der Waals surface area (Å²) in [5.41, 5.74) is 4.01. The van der Waals surface area contributed by atoms with Crippen molar-refractivity contribution in [3.63, 3.8) is 0 Å². The summed E-state index contributed by atoms with van der Waals surface area (Å²) in [5.74, 6) is 0. The lowest BCUT2D eigenvalue weighted by Gasteiger charge is -2.29. The number of nitrogens with zero attached hydrogens (tertiary/aromatic N) is 1. The highest BCUT2D eigenvalue weighted by molar-refractivity contribution is 6.31. The molecule has 0 saturated heterocycles. The maximum atomic E-state index is 6.06. The molecule has 1 atom stereocenters. The van der Waals surface area contributed by atoms with Gasteiger partial charge in [-0.15, -0.1) is 0 Å². The van der Waals surface area contributed by atoms with Crippen molar-refractivity contribution in [3.05, 3.63) is 34.5 Å². The molecule has 2 aromatic rings. The zero-order valence-corrected chi connectivity index (χ0v) is 10.3. The van der Waals surface area contributed by atoms with E-state index in [1.165, 1.54) is 22.2 Å². The molecule has 0 bridgehead atoms. The maximum absolute atomic E-state index is 6.06. The second-order valence-electron chi connectivity index (χ2n) is 4.61. The van der Waals surface area contributed by atoms with Crippen LogP contribution < -0.4 is 0 Å². The van der Waals surface area contributed by atoms with E-state index in [0.29, 0.717) is 6.04 Å². The van der Waals surface area contributed by atoms with Crippen LogP contribution in [0, 0.1) is 0 Å². The molecule has 1 unspecified atom stereocenters. The second kappa shape index (κ2) is 3.51. The van der Waals surface area contributed by atoms with Gasteiger partial charge < -0.3 is 4.98 Å². The van der Waals surface area contributed by atoms with E-state index in [2.05, 4.69) is 36.0 Å². The van der Waals surface area contributed by atoms with E-state index in [4.69, 9.17) is 11.6 Å². The molecule has 16 heavy (non-hydrogen) atoms. The highest BCUT2D eigenvalue weighted by Crippen LogP contribution is 2.34. The molecule has 0 aliphatic carbocycles. The first-order chi connectivity index (χ1) is 7.66. The number of nitrogens with one attached hydrogen (secondary N) is 1. The van der Waals surface area contributed by atoms with Gasteiger partial charge in [-0.3, -0.25) is 4.90 Å². The van der Waals surface area contributed by atoms with Crippen molar-refractivity contribution in [2.45, 2.75) is 19.4 Å². The van der Waals surface area contributed by atoms with Crippen LogP contribution in [0.25, 0.3) is 10.9 Å². The largest absolute Gasteiger partial charge is 0.357 e. The summed E-state index contributed by atoms with van der Waals surface area (Å²) >= 11 is 6.06. The van der Waals surface area contributed by atoms with Crippen LogP contribution in [0.15, 0.2) is 18.2 Å². The van der Waals surface area contributed by atoms with E-state index in [0.717, 1.165) is 18.0 Å². The Bertz CT molecular complexity index is 544. The summed E-state index contributed by atoms with van der Waals surface area (Å²) in [6.07, 6.45) is 1.11. The molecule has 2 nitrogen and oxygen atoms in total. The number of H-pyrrole nitrogens is 1.